The molecule has 0 saturated carbocycles. The molecule has 170 valence electrons. The molecule has 0 heterocycles. The van der Waals surface area contributed by atoms with Crippen LogP contribution in [-0.4, -0.2) is 54.4 Å². The molecule has 2 aromatic carbocycles. The Balaban J connectivity index is 1.68. The molecule has 3 rings (SSSR count). The van der Waals surface area contributed by atoms with Crippen molar-refractivity contribution < 1.29 is 29.1 Å². The van der Waals surface area contributed by atoms with E-state index in [-0.39, 0.29) is 12.5 Å². The molecular weight excluding hydrogens is 412 g/mol. The van der Waals surface area contributed by atoms with Gasteiger partial charge in [-0.3, -0.25) is 9.63 Å². The molecule has 8 nitrogen and oxygen atoms in total. The molecule has 2 amide bonds. The summed E-state index contributed by atoms with van der Waals surface area (Å²) in [6.07, 6.45) is -0.730. The minimum absolute atomic E-state index is 0.0986. The lowest BCUT2D eigenvalue weighted by atomic mass is 9.86. The number of rotatable bonds is 7. The second-order valence-corrected chi connectivity index (χ2v) is 8.77. The number of carboxylic acids is 1. The van der Waals surface area contributed by atoms with E-state index in [4.69, 9.17) is 14.7 Å². The van der Waals surface area contributed by atoms with Crippen LogP contribution in [0.15, 0.2) is 48.5 Å². The van der Waals surface area contributed by atoms with Gasteiger partial charge in [0.05, 0.1) is 0 Å². The number of nitrogens with zero attached hydrogens (tertiary/aromatic N) is 1. The number of amides is 2. The van der Waals surface area contributed by atoms with Crippen molar-refractivity contribution in [2.45, 2.75) is 32.7 Å². The molecule has 0 spiro atoms. The van der Waals surface area contributed by atoms with Crippen LogP contribution >= 0.6 is 0 Å². The molecule has 0 radical (unpaired) electrons. The Kier molecular flexibility index (Phi) is 6.84. The molecular formula is C24H28N2O6. The summed E-state index contributed by atoms with van der Waals surface area (Å²) in [7, 11) is 1.31. The number of hydroxylamine groups is 2. The zero-order chi connectivity index (χ0) is 23.5. The van der Waals surface area contributed by atoms with Gasteiger partial charge in [0.1, 0.15) is 12.6 Å². The predicted molar refractivity (Wildman–Crippen MR) is 118 cm³/mol. The van der Waals surface area contributed by atoms with Crippen molar-refractivity contribution in [2.24, 2.45) is 5.41 Å². The second kappa shape index (κ2) is 9.40. The molecule has 0 unspecified atom stereocenters. The third-order valence-corrected chi connectivity index (χ3v) is 5.41. The van der Waals surface area contributed by atoms with Crippen molar-refractivity contribution in [3.8, 4) is 11.1 Å². The third kappa shape index (κ3) is 5.08. The Bertz CT molecular complexity index is 968. The summed E-state index contributed by atoms with van der Waals surface area (Å²) in [6.45, 7) is 4.80. The van der Waals surface area contributed by atoms with Gasteiger partial charge in [0.25, 0.3) is 5.91 Å². The Morgan fingerprint density at radius 2 is 1.56 bits per heavy atom. The van der Waals surface area contributed by atoms with Crippen molar-refractivity contribution in [1.29, 1.82) is 0 Å². The van der Waals surface area contributed by atoms with E-state index in [1.54, 1.807) is 20.8 Å². The van der Waals surface area contributed by atoms with Crippen molar-refractivity contribution in [1.82, 2.24) is 10.4 Å². The summed E-state index contributed by atoms with van der Waals surface area (Å²) in [5.41, 5.74) is 3.76. The number of carbonyl (C=O) groups is 3. The maximum atomic E-state index is 12.8. The minimum Gasteiger partial charge on any atom is -0.479 e. The largest absolute Gasteiger partial charge is 0.479 e. The molecule has 1 aliphatic carbocycles. The van der Waals surface area contributed by atoms with Crippen LogP contribution in [0, 0.1) is 5.41 Å². The van der Waals surface area contributed by atoms with Crippen LogP contribution in [0.25, 0.3) is 11.1 Å². The molecule has 0 aromatic heterocycles. The molecule has 2 N–H and O–H groups in total. The van der Waals surface area contributed by atoms with Gasteiger partial charge >= 0.3 is 12.1 Å². The highest BCUT2D eigenvalue weighted by Gasteiger charge is 2.36. The van der Waals surface area contributed by atoms with E-state index in [9.17, 15) is 14.4 Å². The van der Waals surface area contributed by atoms with Gasteiger partial charge in [0.15, 0.2) is 6.61 Å². The molecule has 1 aliphatic rings. The average Bonchev–Trinajstić information content (AvgIpc) is 3.07. The lowest BCUT2D eigenvalue weighted by Crippen LogP contribution is -2.54. The van der Waals surface area contributed by atoms with Crippen LogP contribution in [0.3, 0.4) is 0 Å². The number of benzene rings is 2. The molecule has 0 saturated heterocycles. The van der Waals surface area contributed by atoms with E-state index >= 15 is 0 Å². The van der Waals surface area contributed by atoms with Crippen LogP contribution < -0.4 is 5.32 Å². The lowest BCUT2D eigenvalue weighted by molar-refractivity contribution is -0.189. The van der Waals surface area contributed by atoms with Crippen LogP contribution in [-0.2, 0) is 19.2 Å². The highest BCUT2D eigenvalue weighted by Crippen LogP contribution is 2.44. The molecule has 1 atom stereocenters. The molecule has 8 heteroatoms. The molecule has 0 fully saturated rings. The van der Waals surface area contributed by atoms with Crippen molar-refractivity contribution in [2.75, 3.05) is 20.3 Å². The fourth-order valence-corrected chi connectivity index (χ4v) is 3.80. The smallest absolute Gasteiger partial charge is 0.407 e. The van der Waals surface area contributed by atoms with Gasteiger partial charge in [0.2, 0.25) is 0 Å². The van der Waals surface area contributed by atoms with E-state index in [1.807, 2.05) is 36.4 Å². The molecule has 2 aromatic rings. The first-order valence-electron chi connectivity index (χ1n) is 10.3. The van der Waals surface area contributed by atoms with Crippen LogP contribution in [0.2, 0.25) is 0 Å². The molecule has 32 heavy (non-hydrogen) atoms. The normalized spacial score (nSPS) is 13.6. The molecule has 0 aliphatic heterocycles. The lowest BCUT2D eigenvalue weighted by Gasteiger charge is -2.32. The number of carboxylic acid groups (broad SMARTS) is 1. The summed E-state index contributed by atoms with van der Waals surface area (Å²) in [4.78, 5) is 41.0. The Hall–Kier alpha value is -3.39. The third-order valence-electron chi connectivity index (χ3n) is 5.41. The van der Waals surface area contributed by atoms with Crippen LogP contribution in [0.5, 0.6) is 0 Å². The average molecular weight is 440 g/mol. The van der Waals surface area contributed by atoms with E-state index in [2.05, 4.69) is 17.4 Å². The molecule has 0 bridgehead atoms. The Morgan fingerprint density at radius 1 is 1.03 bits per heavy atom. The fraction of sp³-hybridized carbons (Fsp3) is 0.375. The minimum atomic E-state index is -1.21. The van der Waals surface area contributed by atoms with Crippen molar-refractivity contribution in [3.63, 3.8) is 0 Å². The number of ether oxygens (including phenoxy) is 1. The zero-order valence-corrected chi connectivity index (χ0v) is 18.6. The number of nitrogens with one attached hydrogen (secondary N) is 1. The van der Waals surface area contributed by atoms with Gasteiger partial charge in [-0.15, -0.1) is 0 Å². The zero-order valence-electron chi connectivity index (χ0n) is 18.6. The van der Waals surface area contributed by atoms with Crippen molar-refractivity contribution in [3.05, 3.63) is 59.7 Å². The SMILES string of the molecule is CN(OCC(=O)O)C(=O)[C@@H](NC(=O)OCC1c2ccccc2-c2ccccc21)C(C)(C)C. The summed E-state index contributed by atoms with van der Waals surface area (Å²) in [5, 5.41) is 12.2. The van der Waals surface area contributed by atoms with E-state index in [0.29, 0.717) is 0 Å². The monoisotopic (exact) mass is 440 g/mol. The number of hydrogen-bond acceptors (Lipinski definition) is 5. The highest BCUT2D eigenvalue weighted by atomic mass is 16.7. The van der Waals surface area contributed by atoms with Gasteiger partial charge in [-0.1, -0.05) is 69.3 Å². The van der Waals surface area contributed by atoms with Gasteiger partial charge in [-0.25, -0.2) is 14.7 Å². The summed E-state index contributed by atoms with van der Waals surface area (Å²) >= 11 is 0. The highest BCUT2D eigenvalue weighted by molar-refractivity contribution is 5.86. The van der Waals surface area contributed by atoms with Crippen LogP contribution in [0.4, 0.5) is 4.79 Å². The quantitative estimate of drug-likeness (QED) is 0.640. The van der Waals surface area contributed by atoms with Gasteiger partial charge in [0, 0.05) is 13.0 Å². The fourth-order valence-electron chi connectivity index (χ4n) is 3.80. The topological polar surface area (TPSA) is 105 Å². The summed E-state index contributed by atoms with van der Waals surface area (Å²) in [5.74, 6) is -1.88. The van der Waals surface area contributed by atoms with Gasteiger partial charge < -0.3 is 15.2 Å². The maximum Gasteiger partial charge on any atom is 0.407 e. The van der Waals surface area contributed by atoms with Crippen molar-refractivity contribution >= 4 is 18.0 Å². The van der Waals surface area contributed by atoms with E-state index in [1.165, 1.54) is 7.05 Å². The Labute approximate surface area is 187 Å². The number of carbonyl (C=O) groups excluding carboxylic acids is 2. The first-order chi connectivity index (χ1) is 15.1. The number of fused-ring (bicyclic) bond motifs is 3. The number of likely N-dealkylation sites (N-methyl/N-ethyl adjacent to an activating group) is 1. The van der Waals surface area contributed by atoms with E-state index in [0.717, 1.165) is 27.3 Å². The summed E-state index contributed by atoms with van der Waals surface area (Å²) in [6, 6.07) is 15.1. The number of hydrogen-bond donors (Lipinski definition) is 2. The second-order valence-electron chi connectivity index (χ2n) is 8.77. The number of aliphatic carboxylic acids is 1. The standard InChI is InChI=1S/C24H28N2O6/c1-24(2,3)21(22(29)26(4)32-14-20(27)28)25-23(30)31-13-19-17-11-7-5-9-15(17)16-10-6-8-12-18(16)19/h5-12,19,21H,13-14H2,1-4H3,(H,25,30)(H,27,28)/t21-/m1/s1. The Morgan fingerprint density at radius 3 is 2.06 bits per heavy atom. The van der Waals surface area contributed by atoms with E-state index < -0.39 is 36.0 Å². The maximum absolute atomic E-state index is 12.8. The van der Waals surface area contributed by atoms with Gasteiger partial charge in [-0.2, -0.15) is 0 Å². The first kappa shape index (κ1) is 23.3. The van der Waals surface area contributed by atoms with Gasteiger partial charge in [-0.05, 0) is 27.7 Å². The predicted octanol–water partition coefficient (Wildman–Crippen LogP) is 3.41. The summed E-state index contributed by atoms with van der Waals surface area (Å²) < 4.78 is 5.54. The number of alkyl carbamates (subject to hydrolysis) is 1. The first-order valence-corrected chi connectivity index (χ1v) is 10.3. The van der Waals surface area contributed by atoms with Crippen LogP contribution in [0.1, 0.15) is 37.8 Å².